The van der Waals surface area contributed by atoms with Gasteiger partial charge in [0.1, 0.15) is 0 Å². The van der Waals surface area contributed by atoms with E-state index < -0.39 is 0 Å². The summed E-state index contributed by atoms with van der Waals surface area (Å²) in [6, 6.07) is 0.186. The zero-order valence-corrected chi connectivity index (χ0v) is 11.3. The minimum Gasteiger partial charge on any atom is -0.469 e. The van der Waals surface area contributed by atoms with Gasteiger partial charge in [-0.25, -0.2) is 0 Å². The van der Waals surface area contributed by atoms with Gasteiger partial charge in [-0.2, -0.15) is 11.8 Å². The van der Waals surface area contributed by atoms with Crippen LogP contribution in [0.3, 0.4) is 0 Å². The van der Waals surface area contributed by atoms with Crippen molar-refractivity contribution in [3.8, 4) is 0 Å². The van der Waals surface area contributed by atoms with Gasteiger partial charge in [0.2, 0.25) is 5.91 Å². The molecule has 0 spiro atoms. The van der Waals surface area contributed by atoms with Crippen LogP contribution in [0.4, 0.5) is 0 Å². The number of esters is 1. The third-order valence-corrected chi connectivity index (χ3v) is 3.05. The summed E-state index contributed by atoms with van der Waals surface area (Å²) in [5.41, 5.74) is 5.59. The molecule has 0 saturated heterocycles. The van der Waals surface area contributed by atoms with Crippen molar-refractivity contribution < 1.29 is 14.3 Å². The Morgan fingerprint density at radius 1 is 1.47 bits per heavy atom. The molecule has 0 bridgehead atoms. The molecule has 0 aromatic carbocycles. The average Bonchev–Trinajstić information content (AvgIpc) is 2.29. The summed E-state index contributed by atoms with van der Waals surface area (Å²) in [5, 5.41) is 2.75. The van der Waals surface area contributed by atoms with Crippen molar-refractivity contribution in [3.05, 3.63) is 0 Å². The van der Waals surface area contributed by atoms with E-state index in [1.54, 1.807) is 11.8 Å². The van der Waals surface area contributed by atoms with Gasteiger partial charge in [0, 0.05) is 19.0 Å². The minimum absolute atomic E-state index is 0.00420. The molecule has 1 unspecified atom stereocenters. The second-order valence-corrected chi connectivity index (χ2v) is 4.95. The fourth-order valence-electron chi connectivity index (χ4n) is 1.05. The molecule has 0 radical (unpaired) electrons. The highest BCUT2D eigenvalue weighted by Gasteiger charge is 2.03. The number of hydrogen-bond donors (Lipinski definition) is 2. The molecule has 0 aliphatic carbocycles. The van der Waals surface area contributed by atoms with E-state index in [4.69, 9.17) is 5.73 Å². The largest absolute Gasteiger partial charge is 0.469 e. The van der Waals surface area contributed by atoms with Gasteiger partial charge in [-0.1, -0.05) is 0 Å². The predicted molar refractivity (Wildman–Crippen MR) is 69.9 cm³/mol. The molecular formula is C11H22N2O3S. The van der Waals surface area contributed by atoms with Gasteiger partial charge in [0.05, 0.1) is 12.9 Å². The fraction of sp³-hybridized carbons (Fsp3) is 0.818. The molecule has 1 atom stereocenters. The number of amides is 1. The van der Waals surface area contributed by atoms with Gasteiger partial charge in [0.15, 0.2) is 0 Å². The quantitative estimate of drug-likeness (QED) is 0.468. The SMILES string of the molecule is COC(=O)CCCNC(=O)CSCCC(C)N. The van der Waals surface area contributed by atoms with E-state index >= 15 is 0 Å². The monoisotopic (exact) mass is 262 g/mol. The first kappa shape index (κ1) is 16.2. The first-order chi connectivity index (χ1) is 8.06. The smallest absolute Gasteiger partial charge is 0.305 e. The van der Waals surface area contributed by atoms with E-state index in [1.165, 1.54) is 7.11 Å². The first-order valence-corrected chi connectivity index (χ1v) is 6.88. The van der Waals surface area contributed by atoms with Crippen molar-refractivity contribution >= 4 is 23.6 Å². The number of hydrogen-bond acceptors (Lipinski definition) is 5. The van der Waals surface area contributed by atoms with E-state index in [0.29, 0.717) is 25.1 Å². The van der Waals surface area contributed by atoms with Crippen LogP contribution in [0.2, 0.25) is 0 Å². The highest BCUT2D eigenvalue weighted by atomic mass is 32.2. The van der Waals surface area contributed by atoms with Crippen LogP contribution in [0.25, 0.3) is 0 Å². The van der Waals surface area contributed by atoms with Crippen LogP contribution in [0.15, 0.2) is 0 Å². The van der Waals surface area contributed by atoms with Crippen LogP contribution < -0.4 is 11.1 Å². The average molecular weight is 262 g/mol. The van der Waals surface area contributed by atoms with Gasteiger partial charge in [-0.3, -0.25) is 9.59 Å². The number of nitrogens with one attached hydrogen (secondary N) is 1. The summed E-state index contributed by atoms with van der Waals surface area (Å²) in [6.07, 6.45) is 1.87. The van der Waals surface area contributed by atoms with Crippen LogP contribution in [-0.4, -0.2) is 43.1 Å². The molecule has 100 valence electrons. The molecule has 0 rings (SSSR count). The molecule has 1 amide bonds. The Morgan fingerprint density at radius 2 is 2.18 bits per heavy atom. The van der Waals surface area contributed by atoms with Crippen molar-refractivity contribution in [1.29, 1.82) is 0 Å². The number of methoxy groups -OCH3 is 1. The topological polar surface area (TPSA) is 81.4 Å². The van der Waals surface area contributed by atoms with Crippen LogP contribution in [0, 0.1) is 0 Å². The van der Waals surface area contributed by atoms with Crippen molar-refractivity contribution in [3.63, 3.8) is 0 Å². The maximum absolute atomic E-state index is 11.3. The Labute approximate surface area is 107 Å². The summed E-state index contributed by atoms with van der Waals surface area (Å²) in [6.45, 7) is 2.47. The van der Waals surface area contributed by atoms with Gasteiger partial charge in [-0.15, -0.1) is 0 Å². The number of nitrogens with two attached hydrogens (primary N) is 1. The van der Waals surface area contributed by atoms with Crippen LogP contribution >= 0.6 is 11.8 Å². The molecule has 0 fully saturated rings. The standard InChI is InChI=1S/C11H22N2O3S/c1-9(12)5-7-17-8-10(14)13-6-3-4-11(15)16-2/h9H,3-8,12H2,1-2H3,(H,13,14). The fourth-order valence-corrected chi connectivity index (χ4v) is 2.02. The maximum Gasteiger partial charge on any atom is 0.305 e. The second-order valence-electron chi connectivity index (χ2n) is 3.85. The minimum atomic E-state index is -0.245. The molecule has 0 aromatic rings. The summed E-state index contributed by atoms with van der Waals surface area (Å²) in [7, 11) is 1.36. The molecule has 17 heavy (non-hydrogen) atoms. The number of thioether (sulfide) groups is 1. The highest BCUT2D eigenvalue weighted by Crippen LogP contribution is 2.03. The molecule has 0 aliphatic heterocycles. The van der Waals surface area contributed by atoms with Crippen LogP contribution in [-0.2, 0) is 14.3 Å². The molecule has 6 heteroatoms. The van der Waals surface area contributed by atoms with E-state index in [1.807, 2.05) is 6.92 Å². The molecular weight excluding hydrogens is 240 g/mol. The van der Waals surface area contributed by atoms with Crippen LogP contribution in [0.5, 0.6) is 0 Å². The third kappa shape index (κ3) is 11.5. The summed E-state index contributed by atoms with van der Waals surface area (Å²) >= 11 is 1.57. The summed E-state index contributed by atoms with van der Waals surface area (Å²) < 4.78 is 4.49. The molecule has 0 aromatic heterocycles. The van der Waals surface area contributed by atoms with E-state index in [0.717, 1.165) is 12.2 Å². The van der Waals surface area contributed by atoms with Crippen molar-refractivity contribution in [2.75, 3.05) is 25.2 Å². The Hall–Kier alpha value is -0.750. The molecule has 3 N–H and O–H groups in total. The van der Waals surface area contributed by atoms with Crippen molar-refractivity contribution in [2.45, 2.75) is 32.2 Å². The number of ether oxygens (including phenoxy) is 1. The highest BCUT2D eigenvalue weighted by molar-refractivity contribution is 7.99. The predicted octanol–water partition coefficient (Wildman–Crippen LogP) is 0.526. The third-order valence-electron chi connectivity index (χ3n) is 2.06. The van der Waals surface area contributed by atoms with Gasteiger partial charge < -0.3 is 15.8 Å². The number of rotatable bonds is 9. The lowest BCUT2D eigenvalue weighted by atomic mass is 10.3. The Bertz CT molecular complexity index is 235. The van der Waals surface area contributed by atoms with E-state index in [-0.39, 0.29) is 17.9 Å². The lowest BCUT2D eigenvalue weighted by Crippen LogP contribution is -2.27. The van der Waals surface area contributed by atoms with E-state index in [9.17, 15) is 9.59 Å². The lowest BCUT2D eigenvalue weighted by molar-refractivity contribution is -0.140. The Kier molecular flexibility index (Phi) is 9.95. The van der Waals surface area contributed by atoms with E-state index in [2.05, 4.69) is 10.1 Å². The molecule has 0 saturated carbocycles. The second kappa shape index (κ2) is 10.4. The Morgan fingerprint density at radius 3 is 2.76 bits per heavy atom. The van der Waals surface area contributed by atoms with Crippen LogP contribution in [0.1, 0.15) is 26.2 Å². The first-order valence-electron chi connectivity index (χ1n) is 5.73. The molecule has 0 heterocycles. The normalized spacial score (nSPS) is 11.9. The lowest BCUT2D eigenvalue weighted by Gasteiger charge is -2.06. The molecule has 0 aliphatic rings. The number of carbonyl (C=O) groups excluding carboxylic acids is 2. The maximum atomic E-state index is 11.3. The zero-order chi connectivity index (χ0) is 13.1. The van der Waals surface area contributed by atoms with Crippen molar-refractivity contribution in [1.82, 2.24) is 5.32 Å². The van der Waals surface area contributed by atoms with Gasteiger partial charge in [0.25, 0.3) is 0 Å². The van der Waals surface area contributed by atoms with Gasteiger partial charge in [-0.05, 0) is 25.5 Å². The summed E-state index contributed by atoms with van der Waals surface area (Å²) in [5.74, 6) is 1.10. The molecule has 5 nitrogen and oxygen atoms in total. The Balaban J connectivity index is 3.32. The van der Waals surface area contributed by atoms with Crippen molar-refractivity contribution in [2.24, 2.45) is 5.73 Å². The van der Waals surface area contributed by atoms with Gasteiger partial charge >= 0.3 is 5.97 Å². The summed E-state index contributed by atoms with van der Waals surface area (Å²) in [4.78, 5) is 22.1. The zero-order valence-electron chi connectivity index (χ0n) is 10.5. The number of carbonyl (C=O) groups is 2.